The van der Waals surface area contributed by atoms with E-state index in [4.69, 9.17) is 18.9 Å². The van der Waals surface area contributed by atoms with Crippen molar-refractivity contribution in [2.24, 2.45) is 11.8 Å². The number of imidazole rings is 2. The lowest BCUT2D eigenvalue weighted by molar-refractivity contribution is -0.136. The first-order valence-corrected chi connectivity index (χ1v) is 19.1. The minimum Gasteiger partial charge on any atom is -0.453 e. The number of alkyl carbamates (subject to hydrolysis) is 2. The number of amides is 4. The molecule has 4 N–H and O–H groups in total. The quantitative estimate of drug-likeness (QED) is 0.112. The Morgan fingerprint density at radius 1 is 0.754 bits per heavy atom. The summed E-state index contributed by atoms with van der Waals surface area (Å²) in [6.45, 7) is 10.4. The Hall–Kier alpha value is -6.32. The molecular formula is C41H48N8O8. The van der Waals surface area contributed by atoms with Gasteiger partial charge in [-0.3, -0.25) is 9.59 Å². The van der Waals surface area contributed by atoms with Gasteiger partial charge in [0, 0.05) is 24.2 Å². The molecule has 16 heteroatoms. The number of nitrogens with zero attached hydrogens (tertiary/aromatic N) is 4. The predicted molar refractivity (Wildman–Crippen MR) is 208 cm³/mol. The van der Waals surface area contributed by atoms with Crippen molar-refractivity contribution in [2.75, 3.05) is 27.3 Å². The van der Waals surface area contributed by atoms with E-state index in [0.29, 0.717) is 47.7 Å². The third-order valence-electron chi connectivity index (χ3n) is 10.5. The van der Waals surface area contributed by atoms with Crippen molar-refractivity contribution in [2.45, 2.75) is 71.6 Å². The molecule has 4 atom stereocenters. The van der Waals surface area contributed by atoms with Gasteiger partial charge in [0.25, 0.3) is 0 Å². The van der Waals surface area contributed by atoms with Crippen molar-refractivity contribution >= 4 is 24.0 Å². The molecule has 3 aliphatic heterocycles. The molecule has 1 fully saturated rings. The number of aromatic amines is 2. The number of ether oxygens (including phenoxy) is 4. The molecule has 0 saturated carbocycles. The number of hydrogen-bond acceptors (Lipinski definition) is 10. The molecule has 2 aromatic heterocycles. The van der Waals surface area contributed by atoms with Crippen molar-refractivity contribution in [3.63, 3.8) is 0 Å². The first-order chi connectivity index (χ1) is 27.3. The number of fused-ring (bicyclic) bond motifs is 2. The highest BCUT2D eigenvalue weighted by molar-refractivity contribution is 5.87. The van der Waals surface area contributed by atoms with E-state index in [1.54, 1.807) is 22.2 Å². The number of aromatic nitrogens is 4. The van der Waals surface area contributed by atoms with Crippen LogP contribution in [-0.4, -0.2) is 93.1 Å². The number of rotatable bonds is 10. The molecule has 5 heterocycles. The maximum atomic E-state index is 13.7. The Bertz CT molecular complexity index is 2210. The lowest BCUT2D eigenvalue weighted by Crippen LogP contribution is -2.51. The zero-order valence-corrected chi connectivity index (χ0v) is 33.0. The second-order valence-electron chi connectivity index (χ2n) is 15.2. The average molecular weight is 781 g/mol. The van der Waals surface area contributed by atoms with E-state index in [-0.39, 0.29) is 29.7 Å². The molecule has 57 heavy (non-hydrogen) atoms. The summed E-state index contributed by atoms with van der Waals surface area (Å²) in [6, 6.07) is 9.07. The zero-order valence-electron chi connectivity index (χ0n) is 33.0. The average Bonchev–Trinajstić information content (AvgIpc) is 4.03. The van der Waals surface area contributed by atoms with E-state index >= 15 is 0 Å². The number of likely N-dealkylation sites (tertiary alicyclic amines) is 1. The largest absolute Gasteiger partial charge is 0.453 e. The summed E-state index contributed by atoms with van der Waals surface area (Å²) >= 11 is 0. The lowest BCUT2D eigenvalue weighted by Gasteiger charge is -2.30. The first kappa shape index (κ1) is 38.9. The highest BCUT2D eigenvalue weighted by Crippen LogP contribution is 2.48. The van der Waals surface area contributed by atoms with E-state index in [0.717, 1.165) is 40.9 Å². The fraction of sp³-hybridized carbons (Fsp3) is 0.415. The van der Waals surface area contributed by atoms with Crippen LogP contribution in [0.5, 0.6) is 23.0 Å². The van der Waals surface area contributed by atoms with Crippen LogP contribution in [0.2, 0.25) is 0 Å². The Labute approximate surface area is 330 Å². The minimum absolute atomic E-state index is 0.130. The van der Waals surface area contributed by atoms with E-state index in [1.807, 2.05) is 77.1 Å². The van der Waals surface area contributed by atoms with Crippen LogP contribution in [0.3, 0.4) is 0 Å². The SMILES string of the molecule is COC(=O)N[C@H](C(=O)N1CC(C)=C[C@H]1c1ncc(-c2ccc3c(c2)Oc2ccc(-c4cnc([C@@H]5CCCN5C(=O)[C@@H](NC(=O)OC)C(C)C)[nH]4)cc2O3)[nH]1)C(C)C. The third-order valence-corrected chi connectivity index (χ3v) is 10.5. The van der Waals surface area contributed by atoms with Gasteiger partial charge in [-0.25, -0.2) is 19.6 Å². The first-order valence-electron chi connectivity index (χ1n) is 19.1. The topological polar surface area (TPSA) is 193 Å². The maximum Gasteiger partial charge on any atom is 0.407 e. The van der Waals surface area contributed by atoms with Gasteiger partial charge in [-0.2, -0.15) is 0 Å². The van der Waals surface area contributed by atoms with E-state index in [9.17, 15) is 19.2 Å². The van der Waals surface area contributed by atoms with Crippen LogP contribution in [-0.2, 0) is 19.1 Å². The summed E-state index contributed by atoms with van der Waals surface area (Å²) < 4.78 is 22.2. The predicted octanol–water partition coefficient (Wildman–Crippen LogP) is 6.62. The van der Waals surface area contributed by atoms with Crippen molar-refractivity contribution < 1.29 is 38.1 Å². The number of H-pyrrole nitrogens is 2. The second kappa shape index (κ2) is 16.0. The molecule has 1 saturated heterocycles. The molecule has 7 rings (SSSR count). The van der Waals surface area contributed by atoms with Crippen molar-refractivity contribution in [1.29, 1.82) is 0 Å². The molecule has 2 aromatic carbocycles. The Balaban J connectivity index is 1.05. The molecule has 0 bridgehead atoms. The number of benzene rings is 2. The smallest absolute Gasteiger partial charge is 0.407 e. The molecule has 16 nitrogen and oxygen atoms in total. The summed E-state index contributed by atoms with van der Waals surface area (Å²) in [5, 5.41) is 5.36. The normalized spacial score (nSPS) is 18.2. The highest BCUT2D eigenvalue weighted by atomic mass is 16.6. The van der Waals surface area contributed by atoms with Crippen molar-refractivity contribution in [1.82, 2.24) is 40.4 Å². The third kappa shape index (κ3) is 7.89. The van der Waals surface area contributed by atoms with Crippen LogP contribution in [0.1, 0.15) is 71.2 Å². The van der Waals surface area contributed by atoms with Crippen molar-refractivity contribution in [3.05, 3.63) is 72.1 Å². The van der Waals surface area contributed by atoms with Crippen molar-refractivity contribution in [3.8, 4) is 45.5 Å². The van der Waals surface area contributed by atoms with Gasteiger partial charge in [0.1, 0.15) is 29.8 Å². The van der Waals surface area contributed by atoms with Crippen LogP contribution >= 0.6 is 0 Å². The standard InChI is InChI=1S/C41H48N8O8/c1-21(2)34(46-40(52)54-6)38(50)48-14-8-9-28(48)36-42-18-26(44-36)24-10-12-30-32(16-24)56-31-13-11-25(17-33(31)57-30)27-19-43-37(45-27)29-15-23(5)20-49(29)39(51)35(22(3)4)47-41(53)55-7/h10-13,15-19,21-22,28-29,34-35H,8-9,14,20H2,1-7H3,(H,42,44)(H,43,45)(H,46,52)(H,47,53)/t28-,29-,34-,35-/m0/s1. The summed E-state index contributed by atoms with van der Waals surface area (Å²) in [6.07, 6.45) is 5.71. The fourth-order valence-electron chi connectivity index (χ4n) is 7.49. The number of nitrogens with one attached hydrogen (secondary N) is 4. The Kier molecular flexibility index (Phi) is 11.0. The summed E-state index contributed by atoms with van der Waals surface area (Å²) in [5.74, 6) is 2.72. The van der Waals surface area contributed by atoms with Gasteiger partial charge < -0.3 is 49.3 Å². The lowest BCUT2D eigenvalue weighted by atomic mass is 10.0. The molecule has 4 aromatic rings. The number of hydrogen-bond donors (Lipinski definition) is 4. The fourth-order valence-corrected chi connectivity index (χ4v) is 7.49. The monoisotopic (exact) mass is 780 g/mol. The molecule has 0 spiro atoms. The van der Waals surface area contributed by atoms with Gasteiger partial charge >= 0.3 is 12.2 Å². The van der Waals surface area contributed by atoms with Gasteiger partial charge in [0.2, 0.25) is 11.8 Å². The molecule has 0 aliphatic carbocycles. The summed E-state index contributed by atoms with van der Waals surface area (Å²) in [4.78, 5) is 70.9. The Morgan fingerprint density at radius 3 is 1.79 bits per heavy atom. The number of carbonyl (C=O) groups is 4. The Morgan fingerprint density at radius 2 is 1.26 bits per heavy atom. The van der Waals surface area contributed by atoms with Gasteiger partial charge in [0.15, 0.2) is 23.0 Å². The number of methoxy groups -OCH3 is 2. The molecule has 0 unspecified atom stereocenters. The summed E-state index contributed by atoms with van der Waals surface area (Å²) in [7, 11) is 2.55. The van der Waals surface area contributed by atoms with E-state index in [1.165, 1.54) is 14.2 Å². The van der Waals surface area contributed by atoms with Crippen LogP contribution in [0.4, 0.5) is 9.59 Å². The molecule has 4 amide bonds. The van der Waals surface area contributed by atoms with E-state index in [2.05, 4.69) is 30.6 Å². The molecule has 300 valence electrons. The van der Waals surface area contributed by atoms with Gasteiger partial charge in [-0.1, -0.05) is 39.3 Å². The van der Waals surface area contributed by atoms with Crippen LogP contribution < -0.4 is 20.1 Å². The highest BCUT2D eigenvalue weighted by Gasteiger charge is 2.39. The maximum absolute atomic E-state index is 13.7. The van der Waals surface area contributed by atoms with Gasteiger partial charge in [-0.15, -0.1) is 0 Å². The summed E-state index contributed by atoms with van der Waals surface area (Å²) in [5.41, 5.74) is 4.14. The zero-order chi connectivity index (χ0) is 40.5. The van der Waals surface area contributed by atoms with Gasteiger partial charge in [-0.05, 0) is 68.0 Å². The molecule has 0 radical (unpaired) electrons. The van der Waals surface area contributed by atoms with Gasteiger partial charge in [0.05, 0.1) is 44.0 Å². The minimum atomic E-state index is -0.760. The number of carbonyl (C=O) groups excluding carboxylic acids is 4. The second-order valence-corrected chi connectivity index (χ2v) is 15.2. The molecular weight excluding hydrogens is 732 g/mol. The van der Waals surface area contributed by atoms with Crippen LogP contribution in [0.25, 0.3) is 22.5 Å². The van der Waals surface area contributed by atoms with E-state index < -0.39 is 30.3 Å². The van der Waals surface area contributed by atoms with Crippen LogP contribution in [0, 0.1) is 11.8 Å². The molecule has 3 aliphatic rings. The van der Waals surface area contributed by atoms with Crippen LogP contribution in [0.15, 0.2) is 60.4 Å².